The van der Waals surface area contributed by atoms with E-state index in [1.165, 1.54) is 6.42 Å². The van der Waals surface area contributed by atoms with E-state index in [0.717, 1.165) is 32.4 Å². The number of nitrogens with one attached hydrogen (secondary N) is 2. The molecule has 1 aliphatic heterocycles. The standard InChI is InChI=1S/C13H26N4O2/c1-2-7-15-13(19)16-12(18)10-17-8-3-4-11(9-17)5-6-14/h11H,2-10,14H2,1H3,(H2,15,16,18,19). The first-order chi connectivity index (χ1) is 9.15. The fourth-order valence-electron chi connectivity index (χ4n) is 2.42. The molecule has 0 aromatic rings. The third kappa shape index (κ3) is 6.54. The summed E-state index contributed by atoms with van der Waals surface area (Å²) in [6.45, 7) is 5.37. The summed E-state index contributed by atoms with van der Waals surface area (Å²) in [6, 6.07) is -0.401. The quantitative estimate of drug-likeness (QED) is 0.647. The smallest absolute Gasteiger partial charge is 0.321 e. The molecule has 1 saturated heterocycles. The highest BCUT2D eigenvalue weighted by Crippen LogP contribution is 2.18. The second kappa shape index (κ2) is 8.87. The molecule has 110 valence electrons. The van der Waals surface area contributed by atoms with Gasteiger partial charge in [0.2, 0.25) is 5.91 Å². The van der Waals surface area contributed by atoms with Crippen LogP contribution < -0.4 is 16.4 Å². The number of rotatable bonds is 6. The number of piperidine rings is 1. The van der Waals surface area contributed by atoms with E-state index in [1.54, 1.807) is 0 Å². The van der Waals surface area contributed by atoms with Crippen molar-refractivity contribution < 1.29 is 9.59 Å². The average Bonchev–Trinajstić information content (AvgIpc) is 2.37. The third-order valence-corrected chi connectivity index (χ3v) is 3.33. The van der Waals surface area contributed by atoms with Gasteiger partial charge in [0.25, 0.3) is 0 Å². The van der Waals surface area contributed by atoms with Crippen molar-refractivity contribution in [3.8, 4) is 0 Å². The molecule has 1 unspecified atom stereocenters. The number of likely N-dealkylation sites (tertiary alicyclic amines) is 1. The van der Waals surface area contributed by atoms with Crippen LogP contribution >= 0.6 is 0 Å². The second-order valence-corrected chi connectivity index (χ2v) is 5.12. The van der Waals surface area contributed by atoms with E-state index in [-0.39, 0.29) is 5.91 Å². The van der Waals surface area contributed by atoms with Crippen LogP contribution in [0.4, 0.5) is 4.79 Å². The zero-order valence-corrected chi connectivity index (χ0v) is 11.8. The summed E-state index contributed by atoms with van der Waals surface area (Å²) < 4.78 is 0. The zero-order chi connectivity index (χ0) is 14.1. The molecule has 0 aromatic heterocycles. The molecule has 4 N–H and O–H groups in total. The SMILES string of the molecule is CCCNC(=O)NC(=O)CN1CCCC(CCN)C1. The van der Waals surface area contributed by atoms with Gasteiger partial charge in [-0.05, 0) is 44.7 Å². The van der Waals surface area contributed by atoms with Crippen molar-refractivity contribution in [2.45, 2.75) is 32.6 Å². The molecule has 0 spiro atoms. The highest BCUT2D eigenvalue weighted by atomic mass is 16.2. The van der Waals surface area contributed by atoms with Gasteiger partial charge in [-0.3, -0.25) is 15.0 Å². The van der Waals surface area contributed by atoms with E-state index in [2.05, 4.69) is 15.5 Å². The summed E-state index contributed by atoms with van der Waals surface area (Å²) in [7, 11) is 0. The fourth-order valence-corrected chi connectivity index (χ4v) is 2.42. The van der Waals surface area contributed by atoms with Gasteiger partial charge in [-0.2, -0.15) is 0 Å². The number of urea groups is 1. The number of hydrogen-bond donors (Lipinski definition) is 3. The van der Waals surface area contributed by atoms with Gasteiger partial charge in [0, 0.05) is 13.1 Å². The van der Waals surface area contributed by atoms with Crippen LogP contribution in [0.25, 0.3) is 0 Å². The summed E-state index contributed by atoms with van der Waals surface area (Å²) in [5.41, 5.74) is 5.57. The van der Waals surface area contributed by atoms with E-state index in [9.17, 15) is 9.59 Å². The molecule has 1 heterocycles. The number of carbonyl (C=O) groups excluding carboxylic acids is 2. The highest BCUT2D eigenvalue weighted by Gasteiger charge is 2.21. The largest absolute Gasteiger partial charge is 0.338 e. The maximum Gasteiger partial charge on any atom is 0.321 e. The van der Waals surface area contributed by atoms with E-state index in [0.29, 0.717) is 25.6 Å². The van der Waals surface area contributed by atoms with Gasteiger partial charge >= 0.3 is 6.03 Å². The van der Waals surface area contributed by atoms with Gasteiger partial charge in [0.15, 0.2) is 0 Å². The normalized spacial score (nSPS) is 20.0. The lowest BCUT2D eigenvalue weighted by molar-refractivity contribution is -0.121. The van der Waals surface area contributed by atoms with E-state index >= 15 is 0 Å². The highest BCUT2D eigenvalue weighted by molar-refractivity contribution is 5.95. The van der Waals surface area contributed by atoms with Crippen LogP contribution in [0.1, 0.15) is 32.6 Å². The van der Waals surface area contributed by atoms with Gasteiger partial charge < -0.3 is 11.1 Å². The maximum absolute atomic E-state index is 11.7. The predicted octanol–water partition coefficient (Wildman–Crippen LogP) is 0.283. The van der Waals surface area contributed by atoms with Crippen molar-refractivity contribution in [1.29, 1.82) is 0 Å². The van der Waals surface area contributed by atoms with E-state index < -0.39 is 6.03 Å². The maximum atomic E-state index is 11.7. The van der Waals surface area contributed by atoms with Crippen molar-refractivity contribution in [3.05, 3.63) is 0 Å². The molecule has 1 atom stereocenters. The summed E-state index contributed by atoms with van der Waals surface area (Å²) in [6.07, 6.45) is 4.15. The molecule has 0 radical (unpaired) electrons. The molecule has 0 aromatic carbocycles. The van der Waals surface area contributed by atoms with Gasteiger partial charge in [-0.1, -0.05) is 6.92 Å². The Morgan fingerprint density at radius 3 is 2.89 bits per heavy atom. The molecule has 0 bridgehead atoms. The minimum Gasteiger partial charge on any atom is -0.338 e. The molecular formula is C13H26N4O2. The molecule has 6 heteroatoms. The molecule has 19 heavy (non-hydrogen) atoms. The lowest BCUT2D eigenvalue weighted by Crippen LogP contribution is -2.47. The Morgan fingerprint density at radius 1 is 1.42 bits per heavy atom. The Morgan fingerprint density at radius 2 is 2.21 bits per heavy atom. The summed E-state index contributed by atoms with van der Waals surface area (Å²) in [5.74, 6) is 0.350. The number of imide groups is 1. The summed E-state index contributed by atoms with van der Waals surface area (Å²) in [5, 5.41) is 4.98. The van der Waals surface area contributed by atoms with Gasteiger partial charge in [0.05, 0.1) is 6.54 Å². The Kier molecular flexibility index (Phi) is 7.43. The Balaban J connectivity index is 2.25. The van der Waals surface area contributed by atoms with E-state index in [4.69, 9.17) is 5.73 Å². The molecule has 3 amide bonds. The summed E-state index contributed by atoms with van der Waals surface area (Å²) >= 11 is 0. The van der Waals surface area contributed by atoms with Crippen molar-refractivity contribution in [2.24, 2.45) is 11.7 Å². The Bertz CT molecular complexity index is 294. The first kappa shape index (κ1) is 15.9. The fraction of sp³-hybridized carbons (Fsp3) is 0.846. The molecule has 0 aliphatic carbocycles. The van der Waals surface area contributed by atoms with Crippen LogP contribution in [0, 0.1) is 5.92 Å². The van der Waals surface area contributed by atoms with Crippen molar-refractivity contribution in [2.75, 3.05) is 32.7 Å². The minimum atomic E-state index is -0.401. The lowest BCUT2D eigenvalue weighted by Gasteiger charge is -2.31. The molecule has 0 saturated carbocycles. The Hall–Kier alpha value is -1.14. The number of carbonyl (C=O) groups is 2. The minimum absolute atomic E-state index is 0.234. The topological polar surface area (TPSA) is 87.5 Å². The molecule has 1 fully saturated rings. The number of nitrogens with two attached hydrogens (primary N) is 1. The molecular weight excluding hydrogens is 244 g/mol. The molecule has 1 aliphatic rings. The van der Waals surface area contributed by atoms with Crippen LogP contribution in [0.2, 0.25) is 0 Å². The van der Waals surface area contributed by atoms with Gasteiger partial charge in [-0.15, -0.1) is 0 Å². The van der Waals surface area contributed by atoms with Gasteiger partial charge in [-0.25, -0.2) is 4.79 Å². The number of hydrogen-bond acceptors (Lipinski definition) is 4. The summed E-state index contributed by atoms with van der Waals surface area (Å²) in [4.78, 5) is 25.2. The lowest BCUT2D eigenvalue weighted by atomic mass is 9.95. The van der Waals surface area contributed by atoms with Crippen LogP contribution in [0.5, 0.6) is 0 Å². The predicted molar refractivity (Wildman–Crippen MR) is 74.7 cm³/mol. The van der Waals surface area contributed by atoms with Crippen LogP contribution in [-0.4, -0.2) is 49.6 Å². The first-order valence-electron chi connectivity index (χ1n) is 7.15. The first-order valence-corrected chi connectivity index (χ1v) is 7.15. The Labute approximate surface area is 115 Å². The van der Waals surface area contributed by atoms with Crippen LogP contribution in [0.15, 0.2) is 0 Å². The molecule has 6 nitrogen and oxygen atoms in total. The number of nitrogens with zero attached hydrogens (tertiary/aromatic N) is 1. The van der Waals surface area contributed by atoms with Gasteiger partial charge in [0.1, 0.15) is 0 Å². The van der Waals surface area contributed by atoms with Crippen molar-refractivity contribution in [3.63, 3.8) is 0 Å². The van der Waals surface area contributed by atoms with Crippen LogP contribution in [0.3, 0.4) is 0 Å². The monoisotopic (exact) mass is 270 g/mol. The molecule has 1 rings (SSSR count). The van der Waals surface area contributed by atoms with Crippen molar-refractivity contribution >= 4 is 11.9 Å². The second-order valence-electron chi connectivity index (χ2n) is 5.12. The van der Waals surface area contributed by atoms with Crippen molar-refractivity contribution in [1.82, 2.24) is 15.5 Å². The number of amides is 3. The van der Waals surface area contributed by atoms with Crippen LogP contribution in [-0.2, 0) is 4.79 Å². The van der Waals surface area contributed by atoms with E-state index in [1.807, 2.05) is 6.92 Å². The third-order valence-electron chi connectivity index (χ3n) is 3.33. The average molecular weight is 270 g/mol. The zero-order valence-electron chi connectivity index (χ0n) is 11.8.